The van der Waals surface area contributed by atoms with Crippen molar-refractivity contribution in [2.45, 2.75) is 6.54 Å². The van der Waals surface area contributed by atoms with Gasteiger partial charge in [0.15, 0.2) is 0 Å². The molecule has 0 amide bonds. The van der Waals surface area contributed by atoms with E-state index in [1.54, 1.807) is 12.1 Å². The number of nitrogens with one attached hydrogen (secondary N) is 1. The third-order valence-electron chi connectivity index (χ3n) is 2.40. The molecule has 0 spiro atoms. The zero-order chi connectivity index (χ0) is 13.8. The van der Waals surface area contributed by atoms with Crippen LogP contribution in [-0.4, -0.2) is 21.0 Å². The normalized spacial score (nSPS) is 10.2. The van der Waals surface area contributed by atoms with E-state index in [0.717, 1.165) is 4.47 Å². The molecular weight excluding hydrogens is 317 g/mol. The number of hydrogen-bond donors (Lipinski definition) is 2. The summed E-state index contributed by atoms with van der Waals surface area (Å²) in [5, 5.41) is 11.7. The number of carbonyl (C=O) groups is 1. The topological polar surface area (TPSA) is 75.1 Å². The first-order valence-electron chi connectivity index (χ1n) is 5.29. The van der Waals surface area contributed by atoms with Gasteiger partial charge in [0.1, 0.15) is 23.5 Å². The third kappa shape index (κ3) is 3.25. The standard InChI is InChI=1S/C12H9BrFN3O2/c13-8-1-2-10(14)7(3-8)4-16-11-9(12(18)19)5-15-6-17-11/h1-3,5-6H,4H2,(H,18,19)(H,15,16,17). The predicted octanol–water partition coefficient (Wildman–Crippen LogP) is 2.69. The van der Waals surface area contributed by atoms with Crippen molar-refractivity contribution in [1.82, 2.24) is 9.97 Å². The molecule has 0 saturated carbocycles. The summed E-state index contributed by atoms with van der Waals surface area (Å²) in [6.45, 7) is 0.128. The number of aromatic carboxylic acids is 1. The minimum atomic E-state index is -1.14. The minimum Gasteiger partial charge on any atom is -0.477 e. The molecule has 2 N–H and O–H groups in total. The monoisotopic (exact) mass is 325 g/mol. The maximum absolute atomic E-state index is 13.5. The van der Waals surface area contributed by atoms with E-state index >= 15 is 0 Å². The molecule has 0 atom stereocenters. The van der Waals surface area contributed by atoms with Crippen LogP contribution < -0.4 is 5.32 Å². The maximum atomic E-state index is 13.5. The molecule has 1 aromatic heterocycles. The second-order valence-electron chi connectivity index (χ2n) is 3.68. The molecule has 2 aromatic rings. The molecule has 19 heavy (non-hydrogen) atoms. The number of benzene rings is 1. The van der Waals surface area contributed by atoms with E-state index in [2.05, 4.69) is 31.2 Å². The zero-order valence-electron chi connectivity index (χ0n) is 9.60. The first kappa shape index (κ1) is 13.4. The van der Waals surface area contributed by atoms with E-state index in [1.165, 1.54) is 18.6 Å². The second kappa shape index (κ2) is 5.75. The van der Waals surface area contributed by atoms with Crippen molar-refractivity contribution in [2.75, 3.05) is 5.32 Å². The van der Waals surface area contributed by atoms with Gasteiger partial charge in [-0.25, -0.2) is 19.2 Å². The molecule has 5 nitrogen and oxygen atoms in total. The number of carboxylic acids is 1. The fourth-order valence-electron chi connectivity index (χ4n) is 1.48. The molecule has 7 heteroatoms. The quantitative estimate of drug-likeness (QED) is 0.903. The van der Waals surface area contributed by atoms with E-state index in [0.29, 0.717) is 5.56 Å². The summed E-state index contributed by atoms with van der Waals surface area (Å²) in [7, 11) is 0. The van der Waals surface area contributed by atoms with Crippen LogP contribution in [0.5, 0.6) is 0 Å². The Balaban J connectivity index is 2.19. The lowest BCUT2D eigenvalue weighted by Crippen LogP contribution is -2.09. The molecular formula is C12H9BrFN3O2. The van der Waals surface area contributed by atoms with Crippen molar-refractivity contribution in [2.24, 2.45) is 0 Å². The summed E-state index contributed by atoms with van der Waals surface area (Å²) in [5.41, 5.74) is 0.349. The smallest absolute Gasteiger partial charge is 0.341 e. The van der Waals surface area contributed by atoms with Gasteiger partial charge in [-0.2, -0.15) is 0 Å². The Morgan fingerprint density at radius 1 is 1.47 bits per heavy atom. The van der Waals surface area contributed by atoms with Crippen LogP contribution in [0.1, 0.15) is 15.9 Å². The number of anilines is 1. The number of hydrogen-bond acceptors (Lipinski definition) is 4. The molecule has 0 fully saturated rings. The lowest BCUT2D eigenvalue weighted by Gasteiger charge is -2.08. The van der Waals surface area contributed by atoms with Gasteiger partial charge in [0.25, 0.3) is 0 Å². The van der Waals surface area contributed by atoms with Crippen molar-refractivity contribution in [3.63, 3.8) is 0 Å². The summed E-state index contributed by atoms with van der Waals surface area (Å²) in [5.74, 6) is -1.36. The molecule has 98 valence electrons. The summed E-state index contributed by atoms with van der Waals surface area (Å²) < 4.78 is 14.3. The summed E-state index contributed by atoms with van der Waals surface area (Å²) >= 11 is 3.25. The third-order valence-corrected chi connectivity index (χ3v) is 2.89. The Labute approximate surface area is 116 Å². The van der Waals surface area contributed by atoms with Crippen LogP contribution >= 0.6 is 15.9 Å². The largest absolute Gasteiger partial charge is 0.477 e. The van der Waals surface area contributed by atoms with Crippen molar-refractivity contribution in [3.05, 3.63) is 52.1 Å². The highest BCUT2D eigenvalue weighted by atomic mass is 79.9. The van der Waals surface area contributed by atoms with Crippen LogP contribution in [0, 0.1) is 5.82 Å². The lowest BCUT2D eigenvalue weighted by molar-refractivity contribution is 0.0697. The van der Waals surface area contributed by atoms with Gasteiger partial charge < -0.3 is 10.4 Å². The zero-order valence-corrected chi connectivity index (χ0v) is 11.2. The highest BCUT2D eigenvalue weighted by Crippen LogP contribution is 2.17. The van der Waals surface area contributed by atoms with Crippen LogP contribution in [0.2, 0.25) is 0 Å². The van der Waals surface area contributed by atoms with Gasteiger partial charge in [0.05, 0.1) is 0 Å². The van der Waals surface area contributed by atoms with Crippen molar-refractivity contribution >= 4 is 27.7 Å². The molecule has 0 radical (unpaired) electrons. The van der Waals surface area contributed by atoms with E-state index in [9.17, 15) is 9.18 Å². The molecule has 0 aliphatic carbocycles. The molecule has 0 bridgehead atoms. The molecule has 0 unspecified atom stereocenters. The second-order valence-corrected chi connectivity index (χ2v) is 4.60. The average Bonchev–Trinajstić information content (AvgIpc) is 2.40. The first-order valence-corrected chi connectivity index (χ1v) is 6.08. The Hall–Kier alpha value is -2.02. The van der Waals surface area contributed by atoms with E-state index in [-0.39, 0.29) is 23.7 Å². The van der Waals surface area contributed by atoms with E-state index < -0.39 is 5.97 Å². The van der Waals surface area contributed by atoms with Crippen molar-refractivity contribution in [1.29, 1.82) is 0 Å². The van der Waals surface area contributed by atoms with Crippen LogP contribution in [0.3, 0.4) is 0 Å². The minimum absolute atomic E-state index is 0.0575. The summed E-state index contributed by atoms with van der Waals surface area (Å²) in [4.78, 5) is 18.4. The van der Waals surface area contributed by atoms with Gasteiger partial charge in [0.2, 0.25) is 0 Å². The molecule has 0 aliphatic rings. The highest BCUT2D eigenvalue weighted by Gasteiger charge is 2.11. The first-order chi connectivity index (χ1) is 9.08. The Morgan fingerprint density at radius 2 is 2.26 bits per heavy atom. The van der Waals surface area contributed by atoms with Gasteiger partial charge in [-0.05, 0) is 18.2 Å². The SMILES string of the molecule is O=C(O)c1cncnc1NCc1cc(Br)ccc1F. The average molecular weight is 326 g/mol. The molecule has 1 aromatic carbocycles. The number of rotatable bonds is 4. The fourth-order valence-corrected chi connectivity index (χ4v) is 1.89. The van der Waals surface area contributed by atoms with E-state index in [4.69, 9.17) is 5.11 Å². The Morgan fingerprint density at radius 3 is 3.00 bits per heavy atom. The van der Waals surface area contributed by atoms with E-state index in [1.807, 2.05) is 0 Å². The number of aromatic nitrogens is 2. The van der Waals surface area contributed by atoms with Crippen LogP contribution in [0.25, 0.3) is 0 Å². The van der Waals surface area contributed by atoms with Crippen molar-refractivity contribution in [3.8, 4) is 0 Å². The maximum Gasteiger partial charge on any atom is 0.341 e. The van der Waals surface area contributed by atoms with Crippen LogP contribution in [-0.2, 0) is 6.54 Å². The molecule has 2 rings (SSSR count). The van der Waals surface area contributed by atoms with Gasteiger partial charge >= 0.3 is 5.97 Å². The summed E-state index contributed by atoms with van der Waals surface area (Å²) in [6, 6.07) is 4.54. The van der Waals surface area contributed by atoms with Gasteiger partial charge in [-0.1, -0.05) is 15.9 Å². The van der Waals surface area contributed by atoms with Crippen LogP contribution in [0.4, 0.5) is 10.2 Å². The van der Waals surface area contributed by atoms with Gasteiger partial charge in [-0.3, -0.25) is 0 Å². The molecule has 1 heterocycles. The van der Waals surface area contributed by atoms with Crippen LogP contribution in [0.15, 0.2) is 35.2 Å². The Kier molecular flexibility index (Phi) is 4.06. The Bertz CT molecular complexity index is 622. The number of carboxylic acid groups (broad SMARTS) is 1. The van der Waals surface area contributed by atoms with Gasteiger partial charge in [-0.15, -0.1) is 0 Å². The molecule has 0 aliphatic heterocycles. The van der Waals surface area contributed by atoms with Gasteiger partial charge in [0, 0.05) is 22.8 Å². The number of halogens is 2. The molecule has 0 saturated heterocycles. The highest BCUT2D eigenvalue weighted by molar-refractivity contribution is 9.10. The fraction of sp³-hybridized carbons (Fsp3) is 0.0833. The van der Waals surface area contributed by atoms with Crippen molar-refractivity contribution < 1.29 is 14.3 Å². The lowest BCUT2D eigenvalue weighted by atomic mass is 10.2. The number of nitrogens with zero attached hydrogens (tertiary/aromatic N) is 2. The summed E-state index contributed by atoms with van der Waals surface area (Å²) in [6.07, 6.45) is 2.42. The predicted molar refractivity (Wildman–Crippen MR) is 70.4 cm³/mol.